The molecule has 1 aromatic rings. The van der Waals surface area contributed by atoms with Crippen molar-refractivity contribution < 1.29 is 18.4 Å². The number of likely N-dealkylation sites (tertiary alicyclic amines) is 2. The van der Waals surface area contributed by atoms with E-state index in [1.807, 2.05) is 0 Å². The third-order valence-electron chi connectivity index (χ3n) is 7.99. The summed E-state index contributed by atoms with van der Waals surface area (Å²) in [5.41, 5.74) is -1.19. The maximum atomic E-state index is 14.7. The molecule has 188 valence electrons. The topological polar surface area (TPSA) is 101 Å². The van der Waals surface area contributed by atoms with Crippen molar-refractivity contribution in [2.75, 3.05) is 26.2 Å². The summed E-state index contributed by atoms with van der Waals surface area (Å²) in [5, 5.41) is 14.6. The molecule has 3 heterocycles. The highest BCUT2D eigenvalue weighted by molar-refractivity contribution is 5.88. The van der Waals surface area contributed by atoms with Crippen molar-refractivity contribution in [3.05, 3.63) is 30.1 Å². The minimum atomic E-state index is -3.24. The number of piperidine rings is 1. The Morgan fingerprint density at radius 2 is 1.91 bits per heavy atom. The first-order valence-corrected chi connectivity index (χ1v) is 12.6. The molecule has 35 heavy (non-hydrogen) atoms. The molecule has 10 heteroatoms. The van der Waals surface area contributed by atoms with Crippen LogP contribution in [-0.2, 0) is 10.7 Å². The van der Waals surface area contributed by atoms with Gasteiger partial charge >= 0.3 is 6.03 Å². The zero-order valence-corrected chi connectivity index (χ0v) is 19.8. The van der Waals surface area contributed by atoms with Crippen LogP contribution < -0.4 is 10.6 Å². The number of nitrogens with one attached hydrogen (secondary N) is 2. The van der Waals surface area contributed by atoms with Crippen molar-refractivity contribution >= 4 is 11.9 Å². The molecule has 5 rings (SSSR count). The normalized spacial score (nSPS) is 23.6. The number of amides is 3. The standard InChI is InChI=1S/C25H32F2N6O2/c26-25(27,20-3-1-2-12-29-20)7-6-19(21(34)31-24(15-28)8-9-24)30-22(35)33-16-23(17-33)10-13-32(14-11-23)18-4-5-18/h1-3,12,18-19H,4-11,13-14,16-17H2,(H,30,35)(H,31,34). The van der Waals surface area contributed by atoms with Crippen molar-refractivity contribution in [3.8, 4) is 6.07 Å². The monoisotopic (exact) mass is 486 g/mol. The average Bonchev–Trinajstić information content (AvgIpc) is 3.76. The summed E-state index contributed by atoms with van der Waals surface area (Å²) >= 11 is 0. The Labute approximate surface area is 204 Å². The van der Waals surface area contributed by atoms with Crippen molar-refractivity contribution in [1.82, 2.24) is 25.4 Å². The van der Waals surface area contributed by atoms with Gasteiger partial charge in [0.2, 0.25) is 5.91 Å². The summed E-state index contributed by atoms with van der Waals surface area (Å²) in [7, 11) is 0. The lowest BCUT2D eigenvalue weighted by Gasteiger charge is -2.54. The van der Waals surface area contributed by atoms with Gasteiger partial charge in [-0.15, -0.1) is 0 Å². The molecule has 2 aliphatic heterocycles. The number of pyridine rings is 1. The van der Waals surface area contributed by atoms with Gasteiger partial charge in [-0.25, -0.2) is 4.79 Å². The lowest BCUT2D eigenvalue weighted by molar-refractivity contribution is -0.124. The second kappa shape index (κ2) is 9.01. The van der Waals surface area contributed by atoms with Crippen LogP contribution in [0.5, 0.6) is 0 Å². The number of hydrogen-bond acceptors (Lipinski definition) is 5. The van der Waals surface area contributed by atoms with E-state index in [9.17, 15) is 23.6 Å². The maximum Gasteiger partial charge on any atom is 0.318 e. The van der Waals surface area contributed by atoms with E-state index in [1.54, 1.807) is 11.0 Å². The summed E-state index contributed by atoms with van der Waals surface area (Å²) < 4.78 is 29.5. The molecular formula is C25H32F2N6O2. The van der Waals surface area contributed by atoms with Crippen molar-refractivity contribution in [1.29, 1.82) is 5.26 Å². The summed E-state index contributed by atoms with van der Waals surface area (Å²) in [6.45, 7) is 3.36. The number of urea groups is 1. The second-order valence-corrected chi connectivity index (χ2v) is 10.8. The number of hydrogen-bond donors (Lipinski definition) is 2. The molecule has 1 atom stereocenters. The van der Waals surface area contributed by atoms with Gasteiger partial charge in [-0.2, -0.15) is 14.0 Å². The Morgan fingerprint density at radius 3 is 2.49 bits per heavy atom. The van der Waals surface area contributed by atoms with Crippen LogP contribution in [0, 0.1) is 16.7 Å². The first kappa shape index (κ1) is 23.9. The summed E-state index contributed by atoms with van der Waals surface area (Å²) in [4.78, 5) is 33.8. The second-order valence-electron chi connectivity index (χ2n) is 10.8. The molecule has 4 fully saturated rings. The van der Waals surface area contributed by atoms with E-state index in [2.05, 4.69) is 26.6 Å². The van der Waals surface area contributed by atoms with E-state index >= 15 is 0 Å². The fourth-order valence-corrected chi connectivity index (χ4v) is 5.28. The van der Waals surface area contributed by atoms with Gasteiger partial charge in [-0.3, -0.25) is 9.78 Å². The molecule has 4 aliphatic rings. The molecule has 0 radical (unpaired) electrons. The number of nitriles is 1. The molecule has 1 spiro atoms. The van der Waals surface area contributed by atoms with Gasteiger partial charge in [-0.1, -0.05) is 6.07 Å². The first-order chi connectivity index (χ1) is 16.7. The maximum absolute atomic E-state index is 14.7. The number of carbonyl (C=O) groups is 2. The molecule has 3 amide bonds. The number of carbonyl (C=O) groups excluding carboxylic acids is 2. The van der Waals surface area contributed by atoms with Crippen LogP contribution in [0.4, 0.5) is 13.6 Å². The van der Waals surface area contributed by atoms with Gasteiger partial charge in [0.25, 0.3) is 5.92 Å². The van der Waals surface area contributed by atoms with Crippen LogP contribution in [0.1, 0.15) is 57.1 Å². The minimum absolute atomic E-state index is 0.130. The smallest absolute Gasteiger partial charge is 0.318 e. The Morgan fingerprint density at radius 1 is 1.20 bits per heavy atom. The predicted molar refractivity (Wildman–Crippen MR) is 123 cm³/mol. The molecule has 1 unspecified atom stereocenters. The molecule has 2 aliphatic carbocycles. The highest BCUT2D eigenvalue weighted by atomic mass is 19.3. The molecule has 0 aromatic carbocycles. The highest BCUT2D eigenvalue weighted by Gasteiger charge is 2.49. The zero-order valence-electron chi connectivity index (χ0n) is 19.8. The molecular weight excluding hydrogens is 454 g/mol. The number of rotatable bonds is 8. The van der Waals surface area contributed by atoms with Gasteiger partial charge in [0.1, 0.15) is 17.3 Å². The molecule has 1 aromatic heterocycles. The van der Waals surface area contributed by atoms with E-state index < -0.39 is 35.9 Å². The van der Waals surface area contributed by atoms with Crippen LogP contribution in [-0.4, -0.2) is 70.5 Å². The fourth-order valence-electron chi connectivity index (χ4n) is 5.28. The highest BCUT2D eigenvalue weighted by Crippen LogP contribution is 2.43. The Bertz CT molecular complexity index is 989. The Kier molecular flexibility index (Phi) is 6.16. The number of halogens is 2. The van der Waals surface area contributed by atoms with E-state index in [0.717, 1.165) is 32.0 Å². The summed E-state index contributed by atoms with van der Waals surface area (Å²) in [6.07, 6.45) is 6.11. The Hall–Kier alpha value is -2.80. The minimum Gasteiger partial charge on any atom is -0.336 e. The van der Waals surface area contributed by atoms with Crippen molar-refractivity contribution in [2.45, 2.75) is 74.9 Å². The molecule has 2 saturated carbocycles. The van der Waals surface area contributed by atoms with Crippen LogP contribution in [0.3, 0.4) is 0 Å². The van der Waals surface area contributed by atoms with Gasteiger partial charge in [-0.05, 0) is 70.2 Å². The summed E-state index contributed by atoms with van der Waals surface area (Å²) in [6, 6.07) is 5.54. The van der Waals surface area contributed by atoms with Crippen molar-refractivity contribution in [2.24, 2.45) is 5.41 Å². The van der Waals surface area contributed by atoms with E-state index in [4.69, 9.17) is 0 Å². The average molecular weight is 487 g/mol. The van der Waals surface area contributed by atoms with Crippen LogP contribution in [0.25, 0.3) is 0 Å². The quantitative estimate of drug-likeness (QED) is 0.589. The van der Waals surface area contributed by atoms with Crippen LogP contribution in [0.15, 0.2) is 24.4 Å². The molecule has 2 N–H and O–H groups in total. The molecule has 0 bridgehead atoms. The predicted octanol–water partition coefficient (Wildman–Crippen LogP) is 2.76. The zero-order chi connectivity index (χ0) is 24.7. The largest absolute Gasteiger partial charge is 0.336 e. The van der Waals surface area contributed by atoms with Gasteiger partial charge in [0.15, 0.2) is 0 Å². The SMILES string of the molecule is N#CC1(NC(=O)C(CCC(F)(F)c2ccccn2)NC(=O)N2CC3(CCN(C4CC4)CC3)C2)CC1. The Balaban J connectivity index is 1.18. The van der Waals surface area contributed by atoms with E-state index in [1.165, 1.54) is 31.2 Å². The molecule has 2 saturated heterocycles. The van der Waals surface area contributed by atoms with E-state index in [-0.39, 0.29) is 17.5 Å². The molecule has 8 nitrogen and oxygen atoms in total. The van der Waals surface area contributed by atoms with E-state index in [0.29, 0.717) is 25.9 Å². The van der Waals surface area contributed by atoms with Crippen molar-refractivity contribution in [3.63, 3.8) is 0 Å². The lowest BCUT2D eigenvalue weighted by atomic mass is 9.72. The van der Waals surface area contributed by atoms with Gasteiger partial charge < -0.3 is 20.4 Å². The number of nitrogens with zero attached hydrogens (tertiary/aromatic N) is 4. The third kappa shape index (κ3) is 5.25. The third-order valence-corrected chi connectivity index (χ3v) is 7.99. The van der Waals surface area contributed by atoms with Gasteiger partial charge in [0, 0.05) is 37.2 Å². The van der Waals surface area contributed by atoms with Gasteiger partial charge in [0.05, 0.1) is 6.07 Å². The fraction of sp³-hybridized carbons (Fsp3) is 0.680. The lowest BCUT2D eigenvalue weighted by Crippen LogP contribution is -2.65. The number of aromatic nitrogens is 1. The van der Waals surface area contributed by atoms with Crippen LogP contribution in [0.2, 0.25) is 0 Å². The number of alkyl halides is 2. The first-order valence-electron chi connectivity index (χ1n) is 12.6. The summed E-state index contributed by atoms with van der Waals surface area (Å²) in [5.74, 6) is -3.84. The van der Waals surface area contributed by atoms with Crippen LogP contribution >= 0.6 is 0 Å².